The topological polar surface area (TPSA) is 42.7 Å². The maximum absolute atomic E-state index is 13.2. The molecule has 0 bridgehead atoms. The second kappa shape index (κ2) is 5.08. The molecule has 2 aromatic carbocycles. The molecule has 6 heteroatoms. The largest absolute Gasteiger partial charge is 0.323 e. The van der Waals surface area contributed by atoms with Crippen molar-refractivity contribution in [2.24, 2.45) is 0 Å². The third-order valence-corrected chi connectivity index (χ3v) is 2.63. The minimum Gasteiger partial charge on any atom is -0.323 e. The fraction of sp³-hybridized carbons (Fsp3) is 0. The molecule has 1 heterocycles. The van der Waals surface area contributed by atoms with Crippen molar-refractivity contribution in [3.8, 4) is 5.69 Å². The Morgan fingerprint density at radius 1 is 0.950 bits per heavy atom. The minimum absolute atomic E-state index is 0.274. The van der Waals surface area contributed by atoms with E-state index in [4.69, 9.17) is 0 Å². The number of anilines is 2. The third kappa shape index (κ3) is 2.64. The number of hydrogen-bond donors (Lipinski definition) is 1. The average Bonchev–Trinajstić information content (AvgIpc) is 2.87. The van der Waals surface area contributed by atoms with Crippen molar-refractivity contribution in [1.82, 2.24) is 14.8 Å². The van der Waals surface area contributed by atoms with Gasteiger partial charge < -0.3 is 5.32 Å². The Balaban J connectivity index is 1.86. The number of rotatable bonds is 3. The van der Waals surface area contributed by atoms with Gasteiger partial charge in [-0.15, -0.1) is 5.10 Å². The summed E-state index contributed by atoms with van der Waals surface area (Å²) in [6.45, 7) is 0. The SMILES string of the molecule is Fc1cc(F)cc(-n2cnc(Nc3ccccc3)n2)c1. The summed E-state index contributed by atoms with van der Waals surface area (Å²) in [6, 6.07) is 12.6. The zero-order chi connectivity index (χ0) is 13.9. The van der Waals surface area contributed by atoms with Gasteiger partial charge in [-0.05, 0) is 24.3 Å². The van der Waals surface area contributed by atoms with Crippen LogP contribution in [0.25, 0.3) is 5.69 Å². The first kappa shape index (κ1) is 12.3. The Labute approximate surface area is 113 Å². The number of nitrogens with one attached hydrogen (secondary N) is 1. The summed E-state index contributed by atoms with van der Waals surface area (Å²) in [5.74, 6) is -0.970. The van der Waals surface area contributed by atoms with Crippen molar-refractivity contribution in [2.45, 2.75) is 0 Å². The van der Waals surface area contributed by atoms with Gasteiger partial charge in [0.1, 0.15) is 18.0 Å². The molecule has 4 nitrogen and oxygen atoms in total. The van der Waals surface area contributed by atoms with Crippen LogP contribution in [0.5, 0.6) is 0 Å². The molecular weight excluding hydrogens is 262 g/mol. The van der Waals surface area contributed by atoms with Gasteiger partial charge in [-0.3, -0.25) is 0 Å². The van der Waals surface area contributed by atoms with Gasteiger partial charge in [-0.2, -0.15) is 4.98 Å². The number of benzene rings is 2. The van der Waals surface area contributed by atoms with Crippen LogP contribution in [0, 0.1) is 11.6 Å². The van der Waals surface area contributed by atoms with Gasteiger partial charge in [0, 0.05) is 11.8 Å². The van der Waals surface area contributed by atoms with Crippen LogP contribution in [0.1, 0.15) is 0 Å². The predicted octanol–water partition coefficient (Wildman–Crippen LogP) is 3.29. The zero-order valence-electron chi connectivity index (χ0n) is 10.3. The van der Waals surface area contributed by atoms with Crippen LogP contribution in [0.4, 0.5) is 20.4 Å². The standard InChI is InChI=1S/C14H10F2N4/c15-10-6-11(16)8-13(7-10)20-9-17-14(19-20)18-12-4-2-1-3-5-12/h1-9H,(H,18,19). The molecule has 3 rings (SSSR count). The molecule has 0 radical (unpaired) electrons. The van der Waals surface area contributed by atoms with E-state index in [1.165, 1.54) is 23.1 Å². The van der Waals surface area contributed by atoms with Crippen LogP contribution in [0.15, 0.2) is 54.9 Å². The summed E-state index contributed by atoms with van der Waals surface area (Å²) >= 11 is 0. The van der Waals surface area contributed by atoms with E-state index < -0.39 is 11.6 Å². The molecule has 0 unspecified atom stereocenters. The molecule has 0 fully saturated rings. The van der Waals surface area contributed by atoms with Crippen LogP contribution in [-0.2, 0) is 0 Å². The fourth-order valence-corrected chi connectivity index (χ4v) is 1.77. The number of para-hydroxylation sites is 1. The zero-order valence-corrected chi connectivity index (χ0v) is 10.3. The van der Waals surface area contributed by atoms with Crippen molar-refractivity contribution in [3.63, 3.8) is 0 Å². The predicted molar refractivity (Wildman–Crippen MR) is 71.0 cm³/mol. The highest BCUT2D eigenvalue weighted by atomic mass is 19.1. The van der Waals surface area contributed by atoms with E-state index in [1.807, 2.05) is 30.3 Å². The molecule has 1 aromatic heterocycles. The molecule has 0 aliphatic rings. The molecule has 1 N–H and O–H groups in total. The smallest absolute Gasteiger partial charge is 0.246 e. The van der Waals surface area contributed by atoms with E-state index in [-0.39, 0.29) is 5.69 Å². The van der Waals surface area contributed by atoms with Crippen LogP contribution < -0.4 is 5.32 Å². The summed E-state index contributed by atoms with van der Waals surface area (Å²) in [6.07, 6.45) is 1.39. The van der Waals surface area contributed by atoms with Crippen LogP contribution >= 0.6 is 0 Å². The van der Waals surface area contributed by atoms with Gasteiger partial charge in [-0.1, -0.05) is 18.2 Å². The second-order valence-corrected chi connectivity index (χ2v) is 4.13. The number of nitrogens with zero attached hydrogens (tertiary/aromatic N) is 3. The van der Waals surface area contributed by atoms with Crippen molar-refractivity contribution in [2.75, 3.05) is 5.32 Å². The van der Waals surface area contributed by atoms with E-state index >= 15 is 0 Å². The highest BCUT2D eigenvalue weighted by Gasteiger charge is 2.06. The van der Waals surface area contributed by atoms with Gasteiger partial charge in [0.15, 0.2) is 0 Å². The van der Waals surface area contributed by atoms with Crippen molar-refractivity contribution in [1.29, 1.82) is 0 Å². The minimum atomic E-state index is -0.659. The normalized spacial score (nSPS) is 10.5. The Morgan fingerprint density at radius 3 is 2.35 bits per heavy atom. The van der Waals surface area contributed by atoms with Gasteiger partial charge in [0.25, 0.3) is 0 Å². The lowest BCUT2D eigenvalue weighted by molar-refractivity contribution is 0.580. The number of hydrogen-bond acceptors (Lipinski definition) is 3. The lowest BCUT2D eigenvalue weighted by atomic mass is 10.3. The molecule has 0 aliphatic heterocycles. The third-order valence-electron chi connectivity index (χ3n) is 2.63. The molecule has 0 atom stereocenters. The molecule has 0 amide bonds. The van der Waals surface area contributed by atoms with Crippen molar-refractivity contribution < 1.29 is 8.78 Å². The highest BCUT2D eigenvalue weighted by Crippen LogP contribution is 2.15. The Bertz CT molecular complexity index is 705. The Kier molecular flexibility index (Phi) is 3.12. The van der Waals surface area contributed by atoms with E-state index in [9.17, 15) is 8.78 Å². The maximum atomic E-state index is 13.2. The van der Waals surface area contributed by atoms with Crippen LogP contribution in [0.2, 0.25) is 0 Å². The molecular formula is C14H10F2N4. The Hall–Kier alpha value is -2.76. The molecule has 0 spiro atoms. The number of halogens is 2. The van der Waals surface area contributed by atoms with Crippen LogP contribution in [0.3, 0.4) is 0 Å². The summed E-state index contributed by atoms with van der Waals surface area (Å²) in [7, 11) is 0. The van der Waals surface area contributed by atoms with E-state index in [0.29, 0.717) is 5.95 Å². The molecule has 100 valence electrons. The maximum Gasteiger partial charge on any atom is 0.246 e. The van der Waals surface area contributed by atoms with E-state index in [0.717, 1.165) is 11.8 Å². The first-order valence-electron chi connectivity index (χ1n) is 5.91. The van der Waals surface area contributed by atoms with Gasteiger partial charge in [0.2, 0.25) is 5.95 Å². The van der Waals surface area contributed by atoms with Crippen molar-refractivity contribution in [3.05, 3.63) is 66.5 Å². The second-order valence-electron chi connectivity index (χ2n) is 4.13. The summed E-state index contributed by atoms with van der Waals surface area (Å²) in [5, 5.41) is 7.11. The summed E-state index contributed by atoms with van der Waals surface area (Å²) in [5.41, 5.74) is 1.10. The van der Waals surface area contributed by atoms with Gasteiger partial charge in [-0.25, -0.2) is 13.5 Å². The molecule has 20 heavy (non-hydrogen) atoms. The van der Waals surface area contributed by atoms with E-state index in [2.05, 4.69) is 15.4 Å². The number of aromatic nitrogens is 3. The molecule has 0 saturated heterocycles. The summed E-state index contributed by atoms with van der Waals surface area (Å²) < 4.78 is 27.6. The van der Waals surface area contributed by atoms with Crippen LogP contribution in [-0.4, -0.2) is 14.8 Å². The molecule has 3 aromatic rings. The first-order chi connectivity index (χ1) is 9.70. The lowest BCUT2D eigenvalue weighted by Gasteiger charge is -2.02. The first-order valence-corrected chi connectivity index (χ1v) is 5.91. The Morgan fingerprint density at radius 2 is 1.65 bits per heavy atom. The fourth-order valence-electron chi connectivity index (χ4n) is 1.77. The lowest BCUT2D eigenvalue weighted by Crippen LogP contribution is -1.98. The average molecular weight is 272 g/mol. The molecule has 0 saturated carbocycles. The van der Waals surface area contributed by atoms with Gasteiger partial charge in [0.05, 0.1) is 5.69 Å². The quantitative estimate of drug-likeness (QED) is 0.795. The van der Waals surface area contributed by atoms with E-state index in [1.54, 1.807) is 0 Å². The van der Waals surface area contributed by atoms with Gasteiger partial charge >= 0.3 is 0 Å². The van der Waals surface area contributed by atoms with Crippen molar-refractivity contribution >= 4 is 11.6 Å². The molecule has 0 aliphatic carbocycles. The highest BCUT2D eigenvalue weighted by molar-refractivity contribution is 5.52. The monoisotopic (exact) mass is 272 g/mol. The summed E-state index contributed by atoms with van der Waals surface area (Å²) in [4.78, 5) is 4.04.